The highest BCUT2D eigenvalue weighted by atomic mass is 28.4. The van der Waals surface area contributed by atoms with Crippen LogP contribution in [0.15, 0.2) is 22.5 Å². The topological polar surface area (TPSA) is 108 Å². The standard InChI is InChI=1S/C33H48O8Si2/c1-29(2)25-24(38-4)23(36)22-18(26(41-43(8,9)10)32(25)14-20(35)27(29)39-32)11-12-30(3)31(19-13-17(19)16-34)15-21(40-42(5,6)7)33(22,30)28(31)37/h17,19,21,26-27,34H,11-16H2,1-10H3/t17-,19+,21-,26-,27-,30-,31-,32+,33+/m0/s1. The predicted octanol–water partition coefficient (Wildman–Crippen LogP) is 4.73. The van der Waals surface area contributed by atoms with Crippen molar-refractivity contribution < 1.29 is 37.8 Å². The van der Waals surface area contributed by atoms with Gasteiger partial charge in [-0.25, -0.2) is 0 Å². The fourth-order valence-corrected chi connectivity index (χ4v) is 13.3. The minimum Gasteiger partial charge on any atom is -0.493 e. The van der Waals surface area contributed by atoms with Crippen LogP contribution in [0.1, 0.15) is 52.9 Å². The van der Waals surface area contributed by atoms with E-state index in [2.05, 4.69) is 46.2 Å². The van der Waals surface area contributed by atoms with Gasteiger partial charge in [0.15, 0.2) is 34.0 Å². The van der Waals surface area contributed by atoms with Gasteiger partial charge in [-0.3, -0.25) is 14.4 Å². The van der Waals surface area contributed by atoms with E-state index in [1.54, 1.807) is 0 Å². The van der Waals surface area contributed by atoms with Gasteiger partial charge in [-0.1, -0.05) is 20.8 Å². The molecule has 236 valence electrons. The van der Waals surface area contributed by atoms with E-state index in [0.717, 1.165) is 12.0 Å². The summed E-state index contributed by atoms with van der Waals surface area (Å²) in [5, 5.41) is 10.1. The number of ketones is 3. The summed E-state index contributed by atoms with van der Waals surface area (Å²) in [6.45, 7) is 19.0. The molecule has 2 heterocycles. The van der Waals surface area contributed by atoms with E-state index in [0.29, 0.717) is 30.4 Å². The van der Waals surface area contributed by atoms with Crippen molar-refractivity contribution in [1.82, 2.24) is 0 Å². The largest absolute Gasteiger partial charge is 0.493 e. The van der Waals surface area contributed by atoms with E-state index < -0.39 is 62.2 Å². The average Bonchev–Trinajstić information content (AvgIpc) is 3.39. The minimum atomic E-state index is -2.28. The monoisotopic (exact) mass is 628 g/mol. The summed E-state index contributed by atoms with van der Waals surface area (Å²) in [5.41, 5.74) is -2.17. The van der Waals surface area contributed by atoms with Crippen LogP contribution in [0.4, 0.5) is 0 Å². The second kappa shape index (κ2) is 8.47. The van der Waals surface area contributed by atoms with Gasteiger partial charge < -0.3 is 23.4 Å². The van der Waals surface area contributed by atoms with Crippen molar-refractivity contribution in [2.45, 2.75) is 116 Å². The lowest BCUT2D eigenvalue weighted by atomic mass is 9.34. The first-order valence-corrected chi connectivity index (χ1v) is 22.9. The van der Waals surface area contributed by atoms with Gasteiger partial charge in [-0.15, -0.1) is 0 Å². The van der Waals surface area contributed by atoms with E-state index in [1.807, 2.05) is 13.8 Å². The Bertz CT molecular complexity index is 1430. The summed E-state index contributed by atoms with van der Waals surface area (Å²) in [7, 11) is -2.93. The number of aliphatic hydroxyl groups excluding tert-OH is 1. The number of hydrogen-bond donors (Lipinski definition) is 1. The lowest BCUT2D eigenvalue weighted by Gasteiger charge is -2.66. The van der Waals surface area contributed by atoms with Crippen LogP contribution < -0.4 is 0 Å². The molecule has 0 aromatic rings. The number of carbonyl (C=O) groups is 3. The Morgan fingerprint density at radius 1 is 1.00 bits per heavy atom. The molecule has 4 bridgehead atoms. The third-order valence-electron chi connectivity index (χ3n) is 12.4. The summed E-state index contributed by atoms with van der Waals surface area (Å²) >= 11 is 0. The molecule has 8 nitrogen and oxygen atoms in total. The van der Waals surface area contributed by atoms with Crippen LogP contribution in [-0.2, 0) is 32.7 Å². The summed E-state index contributed by atoms with van der Waals surface area (Å²) < 4.78 is 26.9. The number of rotatable bonds is 7. The molecular formula is C33H48O8Si2. The molecular weight excluding hydrogens is 581 g/mol. The Kier molecular flexibility index (Phi) is 5.96. The molecule has 43 heavy (non-hydrogen) atoms. The van der Waals surface area contributed by atoms with E-state index in [9.17, 15) is 9.90 Å². The molecule has 2 aliphatic heterocycles. The number of carbonyl (C=O) groups excluding carboxylic acids is 3. The predicted molar refractivity (Wildman–Crippen MR) is 164 cm³/mol. The van der Waals surface area contributed by atoms with Crippen molar-refractivity contribution in [3.05, 3.63) is 22.5 Å². The molecule has 0 aromatic carbocycles. The highest BCUT2D eigenvalue weighted by molar-refractivity contribution is 6.70. The number of fused-ring (bicyclic) bond motifs is 2. The van der Waals surface area contributed by atoms with Crippen molar-refractivity contribution >= 4 is 34.0 Å². The van der Waals surface area contributed by atoms with Gasteiger partial charge >= 0.3 is 0 Å². The number of ether oxygens (including phenoxy) is 2. The van der Waals surface area contributed by atoms with Gasteiger partial charge in [0.2, 0.25) is 5.78 Å². The third kappa shape index (κ3) is 3.28. The van der Waals surface area contributed by atoms with Crippen molar-refractivity contribution in [2.24, 2.45) is 33.5 Å². The van der Waals surface area contributed by atoms with Gasteiger partial charge in [0.05, 0.1) is 18.6 Å². The van der Waals surface area contributed by atoms with Crippen LogP contribution in [0, 0.1) is 33.5 Å². The first kappa shape index (κ1) is 30.2. The molecule has 4 saturated carbocycles. The van der Waals surface area contributed by atoms with E-state index in [-0.39, 0.29) is 48.0 Å². The third-order valence-corrected chi connectivity index (χ3v) is 14.3. The highest BCUT2D eigenvalue weighted by Crippen LogP contribution is 2.87. The van der Waals surface area contributed by atoms with Crippen LogP contribution in [-0.4, -0.2) is 76.7 Å². The Labute approximate surface area is 257 Å². The van der Waals surface area contributed by atoms with Crippen LogP contribution >= 0.6 is 0 Å². The van der Waals surface area contributed by atoms with Gasteiger partial charge in [0, 0.05) is 40.4 Å². The summed E-state index contributed by atoms with van der Waals surface area (Å²) in [5.74, 6) is 0.272. The number of hydrogen-bond acceptors (Lipinski definition) is 8. The smallest absolute Gasteiger partial charge is 0.224 e. The molecule has 9 atom stereocenters. The average molecular weight is 629 g/mol. The molecule has 6 fully saturated rings. The molecule has 0 unspecified atom stereocenters. The SMILES string of the molecule is COC1=C2C(C)(C)[C@H]3O[C@@]2(CC3=O)[C@@H](O[Si](C)(C)C)C2=C(C1=O)[C@@]13C(=O)[C@@]([C@@H]4C[C@H]4CO)(C[C@@H]1O[Si](C)(C)C)[C@]3(C)CC2. The maximum absolute atomic E-state index is 15.2. The summed E-state index contributed by atoms with van der Waals surface area (Å²) in [6.07, 6.45) is 1.03. The maximum atomic E-state index is 15.2. The fourth-order valence-electron chi connectivity index (χ4n) is 11.1. The van der Waals surface area contributed by atoms with Crippen LogP contribution in [0.5, 0.6) is 0 Å². The zero-order valence-electron chi connectivity index (χ0n) is 27.4. The molecule has 10 heteroatoms. The molecule has 2 saturated heterocycles. The first-order chi connectivity index (χ1) is 19.8. The molecule has 0 aromatic heterocycles. The number of Topliss-reactive ketones (excluding diaryl/α,β-unsaturated/α-hetero) is 3. The number of methoxy groups -OCH3 is 1. The van der Waals surface area contributed by atoms with Crippen LogP contribution in [0.3, 0.4) is 0 Å². The van der Waals surface area contributed by atoms with E-state index in [4.69, 9.17) is 18.3 Å². The highest BCUT2D eigenvalue weighted by Gasteiger charge is 2.92. The van der Waals surface area contributed by atoms with Crippen LogP contribution in [0.25, 0.3) is 0 Å². The number of allylic oxidation sites excluding steroid dienone is 1. The molecule has 8 aliphatic rings. The lowest BCUT2D eigenvalue weighted by Crippen LogP contribution is -2.72. The number of aliphatic hydroxyl groups is 1. The van der Waals surface area contributed by atoms with Gasteiger partial charge in [0.1, 0.15) is 17.8 Å². The van der Waals surface area contributed by atoms with Crippen molar-refractivity contribution in [3.63, 3.8) is 0 Å². The lowest BCUT2D eigenvalue weighted by molar-refractivity contribution is -0.189. The zero-order chi connectivity index (χ0) is 31.5. The minimum absolute atomic E-state index is 0.0204. The van der Waals surface area contributed by atoms with E-state index >= 15 is 9.59 Å². The summed E-state index contributed by atoms with van der Waals surface area (Å²) in [4.78, 5) is 43.8. The van der Waals surface area contributed by atoms with Crippen molar-refractivity contribution in [3.8, 4) is 0 Å². The van der Waals surface area contributed by atoms with Gasteiger partial charge in [-0.2, -0.15) is 0 Å². The molecule has 1 N–H and O–H groups in total. The van der Waals surface area contributed by atoms with Gasteiger partial charge in [0.25, 0.3) is 0 Å². The Hall–Kier alpha value is -1.44. The molecule has 6 aliphatic carbocycles. The summed E-state index contributed by atoms with van der Waals surface area (Å²) in [6, 6.07) is 0. The zero-order valence-corrected chi connectivity index (χ0v) is 29.4. The molecule has 0 radical (unpaired) electrons. The normalized spacial score (nSPS) is 46.0. The van der Waals surface area contributed by atoms with E-state index in [1.165, 1.54) is 7.11 Å². The molecule has 2 spiro atoms. The molecule has 8 rings (SSSR count). The molecule has 0 amide bonds. The second-order valence-electron chi connectivity index (χ2n) is 17.1. The van der Waals surface area contributed by atoms with Crippen molar-refractivity contribution in [2.75, 3.05) is 13.7 Å². The fraction of sp³-hybridized carbons (Fsp3) is 0.788. The van der Waals surface area contributed by atoms with Gasteiger partial charge in [-0.05, 0) is 82.4 Å². The Morgan fingerprint density at radius 2 is 1.65 bits per heavy atom. The Morgan fingerprint density at radius 3 is 2.21 bits per heavy atom. The second-order valence-corrected chi connectivity index (χ2v) is 26.1. The maximum Gasteiger partial charge on any atom is 0.224 e. The van der Waals surface area contributed by atoms with Crippen LogP contribution in [0.2, 0.25) is 39.3 Å². The van der Waals surface area contributed by atoms with Crippen molar-refractivity contribution in [1.29, 1.82) is 0 Å². The quantitative estimate of drug-likeness (QED) is 0.403. The Balaban J connectivity index is 1.52. The first-order valence-electron chi connectivity index (χ1n) is 16.1.